The van der Waals surface area contributed by atoms with Crippen molar-refractivity contribution in [1.82, 2.24) is 0 Å². The van der Waals surface area contributed by atoms with Gasteiger partial charge in [-0.25, -0.2) is 13.2 Å². The van der Waals surface area contributed by atoms with Gasteiger partial charge in [-0.15, -0.1) is 0 Å². The molecule has 204 valence electrons. The third-order valence-corrected chi connectivity index (χ3v) is 7.94. The minimum Gasteiger partial charge on any atom is -0.432 e. The molecule has 0 radical (unpaired) electrons. The maximum absolute atomic E-state index is 14.8. The molecule has 0 spiro atoms. The first-order valence-corrected chi connectivity index (χ1v) is 13.2. The van der Waals surface area contributed by atoms with Crippen LogP contribution in [0.4, 0.5) is 35.1 Å². The van der Waals surface area contributed by atoms with Gasteiger partial charge in [0.05, 0.1) is 12.0 Å². The van der Waals surface area contributed by atoms with E-state index >= 15 is 0 Å². The molecule has 1 aliphatic carbocycles. The maximum atomic E-state index is 14.8. The summed E-state index contributed by atoms with van der Waals surface area (Å²) < 4.78 is 116. The summed E-state index contributed by atoms with van der Waals surface area (Å²) in [5.41, 5.74) is -1.83. The summed E-state index contributed by atoms with van der Waals surface area (Å²) in [7, 11) is 0. The minimum absolute atomic E-state index is 0.0558. The zero-order valence-corrected chi connectivity index (χ0v) is 22.1. The van der Waals surface area contributed by atoms with Gasteiger partial charge in [0.15, 0.2) is 0 Å². The lowest BCUT2D eigenvalue weighted by Gasteiger charge is -2.26. The second-order valence-corrected chi connectivity index (χ2v) is 11.2. The van der Waals surface area contributed by atoms with E-state index in [-0.39, 0.29) is 33.9 Å². The van der Waals surface area contributed by atoms with Crippen LogP contribution >= 0.6 is 22.6 Å². The minimum atomic E-state index is -4.89. The normalized spacial score (nSPS) is 18.4. The third kappa shape index (κ3) is 6.98. The van der Waals surface area contributed by atoms with E-state index in [0.29, 0.717) is 22.5 Å². The molecule has 1 saturated carbocycles. The number of halogens is 9. The van der Waals surface area contributed by atoms with Crippen LogP contribution in [0.15, 0.2) is 54.6 Å². The Morgan fingerprint density at radius 3 is 1.82 bits per heavy atom. The Labute approximate surface area is 228 Å². The largest absolute Gasteiger partial charge is 0.432 e. The summed E-state index contributed by atoms with van der Waals surface area (Å²) in [5.74, 6) is -3.56. The van der Waals surface area contributed by atoms with Crippen LogP contribution in [0.3, 0.4) is 0 Å². The van der Waals surface area contributed by atoms with Gasteiger partial charge in [0.25, 0.3) is 0 Å². The summed E-state index contributed by atoms with van der Waals surface area (Å²) in [5, 5.41) is 0. The number of rotatable bonds is 7. The Morgan fingerprint density at radius 1 is 0.711 bits per heavy atom. The number of hydrogen-bond donors (Lipinski definition) is 0. The molecule has 0 N–H and O–H groups in total. The Kier molecular flexibility index (Phi) is 8.59. The zero-order chi connectivity index (χ0) is 27.7. The molecule has 1 nitrogen and oxygen atoms in total. The summed E-state index contributed by atoms with van der Waals surface area (Å²) in [6.45, 7) is 0. The molecule has 0 amide bonds. The van der Waals surface area contributed by atoms with Crippen molar-refractivity contribution in [3.63, 3.8) is 0 Å². The van der Waals surface area contributed by atoms with Crippen LogP contribution in [0.1, 0.15) is 44.1 Å². The molecule has 3 aromatic carbocycles. The highest BCUT2D eigenvalue weighted by Gasteiger charge is 2.35. The molecule has 3 aromatic rings. The monoisotopic (exact) mass is 654 g/mol. The molecule has 10 heteroatoms. The van der Waals surface area contributed by atoms with E-state index in [9.17, 15) is 35.1 Å². The quantitative estimate of drug-likeness (QED) is 0.140. The Bertz CT molecular complexity index is 1280. The molecule has 0 unspecified atom stereocenters. The molecule has 4 rings (SSSR count). The van der Waals surface area contributed by atoms with Gasteiger partial charge in [0, 0.05) is 21.1 Å². The van der Waals surface area contributed by atoms with Crippen molar-refractivity contribution in [2.45, 2.75) is 54.7 Å². The van der Waals surface area contributed by atoms with E-state index in [0.717, 1.165) is 49.9 Å². The molecule has 1 aliphatic rings. The van der Waals surface area contributed by atoms with Gasteiger partial charge in [-0.1, -0.05) is 40.8 Å². The topological polar surface area (TPSA) is 9.23 Å². The van der Waals surface area contributed by atoms with Crippen LogP contribution in [-0.4, -0.2) is 10.0 Å². The lowest BCUT2D eigenvalue weighted by atomic mass is 9.86. The van der Waals surface area contributed by atoms with Crippen molar-refractivity contribution < 1.29 is 39.9 Å². The van der Waals surface area contributed by atoms with Crippen molar-refractivity contribution in [3.05, 3.63) is 77.6 Å². The van der Waals surface area contributed by atoms with E-state index in [1.54, 1.807) is 0 Å². The molecule has 0 atom stereocenters. The van der Waals surface area contributed by atoms with E-state index in [1.165, 1.54) is 18.2 Å². The second kappa shape index (κ2) is 11.4. The van der Waals surface area contributed by atoms with Crippen LogP contribution in [-0.2, 0) is 6.18 Å². The van der Waals surface area contributed by atoms with Crippen molar-refractivity contribution in [1.29, 1.82) is 0 Å². The van der Waals surface area contributed by atoms with Crippen LogP contribution in [0.25, 0.3) is 22.3 Å². The molecule has 1 fully saturated rings. The zero-order valence-electron chi connectivity index (χ0n) is 19.9. The van der Waals surface area contributed by atoms with Crippen molar-refractivity contribution in [2.24, 2.45) is 5.92 Å². The number of alkyl halides is 6. The van der Waals surface area contributed by atoms with Gasteiger partial charge < -0.3 is 4.74 Å². The Morgan fingerprint density at radius 2 is 1.26 bits per heavy atom. The molecule has 0 aromatic heterocycles. The molecular formula is C28H23F8IO. The van der Waals surface area contributed by atoms with Gasteiger partial charge in [0.2, 0.25) is 0 Å². The molecule has 0 saturated heterocycles. The molecular weight excluding hydrogens is 631 g/mol. The van der Waals surface area contributed by atoms with E-state index < -0.39 is 41.7 Å². The summed E-state index contributed by atoms with van der Waals surface area (Å²) in [6, 6.07) is 8.56. The van der Waals surface area contributed by atoms with Crippen LogP contribution in [0.2, 0.25) is 0 Å². The summed E-state index contributed by atoms with van der Waals surface area (Å²) in [6.07, 6.45) is -4.72. The number of hydrogen-bond acceptors (Lipinski definition) is 1. The standard InChI is InChI=1S/C28H23F8IO/c29-24-13-17(3-8-21(24)18-4-10-23(26(31)14-18)28(34,35)36)22-9-7-20(15-25(22)30)38-27(32,33)12-11-16-1-5-19(37)6-2-16/h3-4,7-10,13-16,19H,1-2,5-6,11-12H2. The van der Waals surface area contributed by atoms with Gasteiger partial charge in [0.1, 0.15) is 23.2 Å². The lowest BCUT2D eigenvalue weighted by molar-refractivity contribution is -0.183. The highest BCUT2D eigenvalue weighted by molar-refractivity contribution is 14.1. The first-order valence-electron chi connectivity index (χ1n) is 12.0. The van der Waals surface area contributed by atoms with E-state index in [2.05, 4.69) is 22.6 Å². The lowest BCUT2D eigenvalue weighted by Crippen LogP contribution is -2.26. The van der Waals surface area contributed by atoms with E-state index in [4.69, 9.17) is 4.74 Å². The summed E-state index contributed by atoms with van der Waals surface area (Å²) in [4.78, 5) is 0. The van der Waals surface area contributed by atoms with Gasteiger partial charge in [-0.2, -0.15) is 22.0 Å². The van der Waals surface area contributed by atoms with Crippen LogP contribution < -0.4 is 4.74 Å². The van der Waals surface area contributed by atoms with Crippen LogP contribution in [0.5, 0.6) is 5.75 Å². The predicted molar refractivity (Wildman–Crippen MR) is 137 cm³/mol. The maximum Gasteiger partial charge on any atom is 0.419 e. The average molecular weight is 654 g/mol. The van der Waals surface area contributed by atoms with Crippen molar-refractivity contribution >= 4 is 22.6 Å². The van der Waals surface area contributed by atoms with Gasteiger partial charge >= 0.3 is 12.3 Å². The average Bonchev–Trinajstić information content (AvgIpc) is 2.82. The van der Waals surface area contributed by atoms with Crippen molar-refractivity contribution in [2.75, 3.05) is 0 Å². The van der Waals surface area contributed by atoms with Gasteiger partial charge in [-0.3, -0.25) is 0 Å². The Balaban J connectivity index is 1.46. The number of ether oxygens (including phenoxy) is 1. The van der Waals surface area contributed by atoms with Crippen LogP contribution in [0, 0.1) is 23.4 Å². The molecule has 38 heavy (non-hydrogen) atoms. The second-order valence-electron chi connectivity index (χ2n) is 9.42. The van der Waals surface area contributed by atoms with E-state index in [1.807, 2.05) is 0 Å². The van der Waals surface area contributed by atoms with Crippen molar-refractivity contribution in [3.8, 4) is 28.0 Å². The Hall–Kier alpha value is -2.37. The highest BCUT2D eigenvalue weighted by atomic mass is 127. The first kappa shape index (κ1) is 28.6. The predicted octanol–water partition coefficient (Wildman–Crippen LogP) is 10.2. The molecule has 0 bridgehead atoms. The smallest absolute Gasteiger partial charge is 0.419 e. The molecule has 0 aliphatic heterocycles. The fourth-order valence-corrected chi connectivity index (χ4v) is 5.35. The first-order chi connectivity index (χ1) is 17.8. The fraction of sp³-hybridized carbons (Fsp3) is 0.357. The third-order valence-electron chi connectivity index (χ3n) is 6.69. The number of benzene rings is 3. The SMILES string of the molecule is Fc1cc(OC(F)(F)CCC2CCC(I)CC2)ccc1-c1ccc(-c2ccc(C(F)(F)F)c(F)c2)c(F)c1. The summed E-state index contributed by atoms with van der Waals surface area (Å²) >= 11 is 2.37. The van der Waals surface area contributed by atoms with Gasteiger partial charge in [-0.05, 0) is 79.5 Å². The highest BCUT2D eigenvalue weighted by Crippen LogP contribution is 2.37. The molecule has 0 heterocycles. The fourth-order valence-electron chi connectivity index (χ4n) is 4.63.